The number of fused-ring (bicyclic) bond motifs is 1. The van der Waals surface area contributed by atoms with Crippen LogP contribution in [0.25, 0.3) is 10.9 Å². The average molecular weight is 316 g/mol. The predicted molar refractivity (Wildman–Crippen MR) is 91.6 cm³/mol. The summed E-state index contributed by atoms with van der Waals surface area (Å²) in [5.74, 6) is 0.613. The average Bonchev–Trinajstić information content (AvgIpc) is 2.83. The molecule has 0 unspecified atom stereocenters. The minimum Gasteiger partial charge on any atom is -0.493 e. The van der Waals surface area contributed by atoms with Crippen LogP contribution in [0, 0.1) is 5.92 Å². The smallest absolute Gasteiger partial charge is 0.218 e. The van der Waals surface area contributed by atoms with Crippen LogP contribution in [0.15, 0.2) is 34.5 Å². The van der Waals surface area contributed by atoms with Gasteiger partial charge >= 0.3 is 0 Å². The Bertz CT molecular complexity index is 709. The molecule has 2 atom stereocenters. The lowest BCUT2D eigenvalue weighted by molar-refractivity contribution is 0.309. The number of hydrogen-bond donors (Lipinski definition) is 3. The van der Waals surface area contributed by atoms with E-state index in [2.05, 4.69) is 27.5 Å². The summed E-state index contributed by atoms with van der Waals surface area (Å²) < 4.78 is 0. The van der Waals surface area contributed by atoms with Crippen molar-refractivity contribution in [2.45, 2.75) is 38.6 Å². The van der Waals surface area contributed by atoms with Crippen molar-refractivity contribution in [3.05, 3.63) is 24.3 Å². The van der Waals surface area contributed by atoms with E-state index in [-0.39, 0.29) is 5.88 Å². The molecule has 6 heteroatoms. The first-order valence-corrected chi connectivity index (χ1v) is 8.08. The number of azo groups is 1. The molecular weight excluding hydrogens is 296 g/mol. The van der Waals surface area contributed by atoms with Gasteiger partial charge in [0.2, 0.25) is 11.0 Å². The zero-order valence-electron chi connectivity index (χ0n) is 12.5. The standard InChI is InChI=1S/C16H20N4OS/c1-10-6-2-4-8-12(10)18-16(22)20-19-14-11-7-3-5-9-13(11)17-15(14)21/h3,5,7,9-10,12,17,21H,2,4,6,8H2,1H3,(H,18,22)/t10-,12+/m1/s1. The molecule has 5 nitrogen and oxygen atoms in total. The van der Waals surface area contributed by atoms with Crippen molar-refractivity contribution in [3.63, 3.8) is 0 Å². The Morgan fingerprint density at radius 1 is 1.32 bits per heavy atom. The molecular formula is C16H20N4OS. The Labute approximate surface area is 134 Å². The minimum absolute atomic E-state index is 0.0128. The van der Waals surface area contributed by atoms with Gasteiger partial charge in [0.25, 0.3) is 0 Å². The first-order chi connectivity index (χ1) is 10.6. The van der Waals surface area contributed by atoms with Crippen molar-refractivity contribution in [2.75, 3.05) is 0 Å². The van der Waals surface area contributed by atoms with Crippen molar-refractivity contribution < 1.29 is 5.11 Å². The van der Waals surface area contributed by atoms with Crippen molar-refractivity contribution in [1.29, 1.82) is 0 Å². The number of nitrogens with one attached hydrogen (secondary N) is 2. The summed E-state index contributed by atoms with van der Waals surface area (Å²) in [5, 5.41) is 22.6. The molecule has 0 amide bonds. The van der Waals surface area contributed by atoms with Gasteiger partial charge in [0.05, 0.1) is 5.52 Å². The van der Waals surface area contributed by atoms with Gasteiger partial charge in [-0.15, -0.1) is 10.2 Å². The number of nitrogens with zero attached hydrogens (tertiary/aromatic N) is 2. The van der Waals surface area contributed by atoms with Gasteiger partial charge in [-0.2, -0.15) is 0 Å². The molecule has 22 heavy (non-hydrogen) atoms. The second kappa shape index (κ2) is 6.44. The Morgan fingerprint density at radius 2 is 2.09 bits per heavy atom. The zero-order valence-corrected chi connectivity index (χ0v) is 13.4. The third-order valence-electron chi connectivity index (χ3n) is 4.32. The molecule has 116 valence electrons. The first kappa shape index (κ1) is 15.0. The minimum atomic E-state index is 0.0128. The number of rotatable bonds is 2. The Morgan fingerprint density at radius 3 is 2.91 bits per heavy atom. The second-order valence-corrected chi connectivity index (χ2v) is 6.27. The summed E-state index contributed by atoms with van der Waals surface area (Å²) in [6.45, 7) is 2.24. The van der Waals surface area contributed by atoms with Gasteiger partial charge in [-0.25, -0.2) is 0 Å². The highest BCUT2D eigenvalue weighted by atomic mass is 32.1. The van der Waals surface area contributed by atoms with Crippen molar-refractivity contribution >= 4 is 33.9 Å². The van der Waals surface area contributed by atoms with Gasteiger partial charge in [-0.1, -0.05) is 38.0 Å². The fourth-order valence-corrected chi connectivity index (χ4v) is 3.22. The summed E-state index contributed by atoms with van der Waals surface area (Å²) in [6, 6.07) is 7.94. The van der Waals surface area contributed by atoms with E-state index in [1.165, 1.54) is 19.3 Å². The maximum absolute atomic E-state index is 9.94. The highest BCUT2D eigenvalue weighted by Gasteiger charge is 2.21. The molecule has 0 bridgehead atoms. The molecule has 3 N–H and O–H groups in total. The molecule has 1 aliphatic carbocycles. The van der Waals surface area contributed by atoms with Crippen LogP contribution in [0.2, 0.25) is 0 Å². The van der Waals surface area contributed by atoms with E-state index in [1.807, 2.05) is 24.3 Å². The van der Waals surface area contributed by atoms with E-state index in [0.717, 1.165) is 17.3 Å². The number of H-pyrrole nitrogens is 1. The summed E-state index contributed by atoms with van der Waals surface area (Å²) in [5.41, 5.74) is 1.25. The summed E-state index contributed by atoms with van der Waals surface area (Å²) in [6.07, 6.45) is 4.86. The molecule has 1 fully saturated rings. The van der Waals surface area contributed by atoms with E-state index >= 15 is 0 Å². The van der Waals surface area contributed by atoms with Crippen LogP contribution in [0.5, 0.6) is 5.88 Å². The molecule has 1 aromatic heterocycles. The lowest BCUT2D eigenvalue weighted by Gasteiger charge is -2.29. The molecule has 2 aromatic rings. The predicted octanol–water partition coefficient (Wildman–Crippen LogP) is 4.41. The maximum atomic E-state index is 9.94. The first-order valence-electron chi connectivity index (χ1n) is 7.67. The second-order valence-electron chi connectivity index (χ2n) is 5.89. The van der Waals surface area contributed by atoms with Crippen LogP contribution < -0.4 is 5.32 Å². The van der Waals surface area contributed by atoms with Crippen molar-refractivity contribution in [2.24, 2.45) is 16.1 Å². The van der Waals surface area contributed by atoms with Crippen LogP contribution in [-0.2, 0) is 0 Å². The molecule has 1 aromatic carbocycles. The summed E-state index contributed by atoms with van der Waals surface area (Å²) in [4.78, 5) is 2.88. The monoisotopic (exact) mass is 316 g/mol. The lowest BCUT2D eigenvalue weighted by atomic mass is 9.86. The van der Waals surface area contributed by atoms with E-state index in [9.17, 15) is 5.11 Å². The number of thiocarbonyl (C=S) groups is 1. The molecule has 0 spiro atoms. The van der Waals surface area contributed by atoms with Crippen LogP contribution in [0.4, 0.5) is 5.69 Å². The molecule has 0 aliphatic heterocycles. The Balaban J connectivity index is 1.72. The Hall–Kier alpha value is -1.95. The fourth-order valence-electron chi connectivity index (χ4n) is 3.03. The number of hydrogen-bond acceptors (Lipinski definition) is 3. The number of aromatic hydroxyl groups is 1. The van der Waals surface area contributed by atoms with Crippen molar-refractivity contribution in [3.8, 4) is 5.88 Å². The highest BCUT2D eigenvalue weighted by molar-refractivity contribution is 7.80. The van der Waals surface area contributed by atoms with E-state index < -0.39 is 0 Å². The fraction of sp³-hybridized carbons (Fsp3) is 0.438. The molecule has 1 saturated carbocycles. The SMILES string of the molecule is C[C@@H]1CCCC[C@@H]1NC(=S)N=Nc1c(O)[nH]c2ccccc12. The molecule has 0 radical (unpaired) electrons. The molecule has 1 aliphatic rings. The van der Waals surface area contributed by atoms with Crippen molar-refractivity contribution in [1.82, 2.24) is 10.3 Å². The summed E-state index contributed by atoms with van der Waals surface area (Å²) in [7, 11) is 0. The quantitative estimate of drug-likeness (QED) is 0.567. The van der Waals surface area contributed by atoms with Gasteiger partial charge in [0, 0.05) is 11.4 Å². The largest absolute Gasteiger partial charge is 0.493 e. The van der Waals surface area contributed by atoms with Gasteiger partial charge in [0.15, 0.2) is 5.69 Å². The third kappa shape index (κ3) is 3.11. The topological polar surface area (TPSA) is 72.8 Å². The number of benzene rings is 1. The van der Waals surface area contributed by atoms with Crippen LogP contribution in [0.1, 0.15) is 32.6 Å². The van der Waals surface area contributed by atoms with E-state index in [0.29, 0.717) is 22.8 Å². The van der Waals surface area contributed by atoms with E-state index in [4.69, 9.17) is 12.2 Å². The van der Waals surface area contributed by atoms with Crippen LogP contribution in [-0.4, -0.2) is 21.2 Å². The molecule has 3 rings (SSSR count). The third-order valence-corrected chi connectivity index (χ3v) is 4.52. The number of para-hydroxylation sites is 1. The van der Waals surface area contributed by atoms with Gasteiger partial charge in [0.1, 0.15) is 0 Å². The van der Waals surface area contributed by atoms with Gasteiger partial charge < -0.3 is 15.4 Å². The zero-order chi connectivity index (χ0) is 15.5. The maximum Gasteiger partial charge on any atom is 0.218 e. The normalized spacial score (nSPS) is 22.2. The van der Waals surface area contributed by atoms with Crippen LogP contribution >= 0.6 is 12.2 Å². The molecule has 1 heterocycles. The molecule has 0 saturated heterocycles. The number of aromatic amines is 1. The van der Waals surface area contributed by atoms with Crippen LogP contribution in [0.3, 0.4) is 0 Å². The van der Waals surface area contributed by atoms with Gasteiger partial charge in [-0.05, 0) is 37.0 Å². The van der Waals surface area contributed by atoms with E-state index in [1.54, 1.807) is 0 Å². The Kier molecular flexibility index (Phi) is 4.38. The summed E-state index contributed by atoms with van der Waals surface area (Å²) >= 11 is 5.26. The highest BCUT2D eigenvalue weighted by Crippen LogP contribution is 2.35. The lowest BCUT2D eigenvalue weighted by Crippen LogP contribution is -2.39. The van der Waals surface area contributed by atoms with Gasteiger partial charge in [-0.3, -0.25) is 0 Å². The number of aromatic nitrogens is 1.